The van der Waals surface area contributed by atoms with E-state index >= 15 is 0 Å². The first kappa shape index (κ1) is 27.2. The van der Waals surface area contributed by atoms with Gasteiger partial charge in [0.15, 0.2) is 0 Å². The Bertz CT molecular complexity index is 2530. The van der Waals surface area contributed by atoms with Gasteiger partial charge >= 0.3 is 0 Å². The molecule has 0 N–H and O–H groups in total. The van der Waals surface area contributed by atoms with Gasteiger partial charge in [-0.3, -0.25) is 0 Å². The van der Waals surface area contributed by atoms with Gasteiger partial charge in [0.2, 0.25) is 0 Å². The summed E-state index contributed by atoms with van der Waals surface area (Å²) in [6.07, 6.45) is 2.40. The van der Waals surface area contributed by atoms with Crippen molar-refractivity contribution < 1.29 is 0 Å². The van der Waals surface area contributed by atoms with Crippen LogP contribution >= 0.6 is 0 Å². The highest BCUT2D eigenvalue weighted by molar-refractivity contribution is 6.06. The van der Waals surface area contributed by atoms with Crippen LogP contribution in [0.2, 0.25) is 0 Å². The Kier molecular flexibility index (Phi) is 6.39. The van der Waals surface area contributed by atoms with Crippen molar-refractivity contribution >= 4 is 43.7 Å². The predicted molar refractivity (Wildman–Crippen MR) is 197 cm³/mol. The molecule has 0 amide bonds. The summed E-state index contributed by atoms with van der Waals surface area (Å²) < 4.78 is 0. The Hall–Kier alpha value is -6.12. The summed E-state index contributed by atoms with van der Waals surface area (Å²) in [4.78, 5) is 10.4. The predicted octanol–water partition coefficient (Wildman–Crippen LogP) is 11.5. The zero-order valence-corrected chi connectivity index (χ0v) is 25.8. The second kappa shape index (κ2) is 11.0. The molecule has 8 aromatic rings. The SMILES string of the molecule is C=C1c2ccc3ccccc3c2C(c2cccc(-c3ccc4ccc5ccc(-c6ccccc6)nc5c4n3)c2)=CC1c1ccccc1. The number of hydrogen-bond donors (Lipinski definition) is 0. The van der Waals surface area contributed by atoms with Crippen LogP contribution in [0.1, 0.15) is 28.2 Å². The van der Waals surface area contributed by atoms with E-state index in [-0.39, 0.29) is 5.92 Å². The molecule has 220 valence electrons. The van der Waals surface area contributed by atoms with Gasteiger partial charge in [-0.25, -0.2) is 9.97 Å². The van der Waals surface area contributed by atoms with Crippen molar-refractivity contribution in [3.8, 4) is 22.5 Å². The van der Waals surface area contributed by atoms with Gasteiger partial charge in [0.05, 0.1) is 22.4 Å². The molecule has 1 unspecified atom stereocenters. The van der Waals surface area contributed by atoms with Crippen LogP contribution in [0.25, 0.3) is 66.2 Å². The van der Waals surface area contributed by atoms with E-state index in [0.717, 1.165) is 55.5 Å². The van der Waals surface area contributed by atoms with Crippen molar-refractivity contribution in [3.05, 3.63) is 193 Å². The number of nitrogens with zero attached hydrogens (tertiary/aromatic N) is 2. The van der Waals surface area contributed by atoms with E-state index in [1.165, 1.54) is 33.0 Å². The number of aromatic nitrogens is 2. The second-order valence-corrected chi connectivity index (χ2v) is 12.3. The molecule has 2 heteroatoms. The van der Waals surface area contributed by atoms with Gasteiger partial charge in [0.25, 0.3) is 0 Å². The van der Waals surface area contributed by atoms with Gasteiger partial charge in [-0.2, -0.15) is 0 Å². The van der Waals surface area contributed by atoms with Gasteiger partial charge in [-0.05, 0) is 62.4 Å². The average Bonchev–Trinajstić information content (AvgIpc) is 3.15. The lowest BCUT2D eigenvalue weighted by Crippen LogP contribution is -2.09. The van der Waals surface area contributed by atoms with E-state index in [1.807, 2.05) is 6.07 Å². The summed E-state index contributed by atoms with van der Waals surface area (Å²) in [6, 6.07) is 55.8. The highest BCUT2D eigenvalue weighted by Crippen LogP contribution is 2.47. The molecular weight excluding hydrogens is 569 g/mol. The van der Waals surface area contributed by atoms with Crippen LogP contribution in [0.5, 0.6) is 0 Å². The summed E-state index contributed by atoms with van der Waals surface area (Å²) in [5, 5.41) is 4.63. The second-order valence-electron chi connectivity index (χ2n) is 12.3. The minimum absolute atomic E-state index is 0.0820. The van der Waals surface area contributed by atoms with E-state index < -0.39 is 0 Å². The molecule has 47 heavy (non-hydrogen) atoms. The molecule has 0 bridgehead atoms. The monoisotopic (exact) mass is 598 g/mol. The Balaban J connectivity index is 1.21. The van der Waals surface area contributed by atoms with Crippen LogP contribution in [-0.2, 0) is 0 Å². The Morgan fingerprint density at radius 3 is 1.79 bits per heavy atom. The van der Waals surface area contributed by atoms with Gasteiger partial charge in [-0.1, -0.05) is 152 Å². The lowest BCUT2D eigenvalue weighted by Gasteiger charge is -2.29. The maximum Gasteiger partial charge on any atom is 0.0972 e. The summed E-state index contributed by atoms with van der Waals surface area (Å²) in [5.41, 5.74) is 13.1. The van der Waals surface area contributed by atoms with Crippen LogP contribution in [0.3, 0.4) is 0 Å². The maximum atomic E-state index is 5.27. The molecule has 1 aliphatic carbocycles. The van der Waals surface area contributed by atoms with Gasteiger partial charge in [0.1, 0.15) is 0 Å². The molecule has 0 radical (unpaired) electrons. The van der Waals surface area contributed by atoms with Crippen LogP contribution < -0.4 is 0 Å². The Morgan fingerprint density at radius 2 is 1.04 bits per heavy atom. The van der Waals surface area contributed by atoms with E-state index in [0.29, 0.717) is 0 Å². The minimum atomic E-state index is 0.0820. The van der Waals surface area contributed by atoms with Crippen molar-refractivity contribution in [2.24, 2.45) is 0 Å². The van der Waals surface area contributed by atoms with Crippen molar-refractivity contribution in [2.45, 2.75) is 5.92 Å². The molecule has 2 nitrogen and oxygen atoms in total. The third kappa shape index (κ3) is 4.65. The van der Waals surface area contributed by atoms with Gasteiger partial charge in [-0.15, -0.1) is 0 Å². The third-order valence-electron chi connectivity index (χ3n) is 9.47. The number of pyridine rings is 2. The Labute approximate surface area is 274 Å². The molecule has 0 aliphatic heterocycles. The van der Waals surface area contributed by atoms with E-state index in [1.54, 1.807) is 0 Å². The normalized spacial score (nSPS) is 14.3. The summed E-state index contributed by atoms with van der Waals surface area (Å²) >= 11 is 0. The zero-order chi connectivity index (χ0) is 31.3. The largest absolute Gasteiger partial charge is 0.245 e. The fourth-order valence-corrected chi connectivity index (χ4v) is 7.09. The summed E-state index contributed by atoms with van der Waals surface area (Å²) in [6.45, 7) is 4.63. The molecule has 6 aromatic carbocycles. The highest BCUT2D eigenvalue weighted by atomic mass is 14.8. The standard InChI is InChI=1S/C45H30N2/c1-29-37-24-21-31-13-8-9-18-38(31)43(37)40(28-39(29)30-11-4-2-5-12-30)35-16-10-17-36(27-35)42-26-23-34-20-19-33-22-25-41(32-14-6-3-7-15-32)46-44(33)45(34)47-42/h2-28,39H,1H2. The number of allylic oxidation sites excluding steroid dienone is 2. The fraction of sp³-hybridized carbons (Fsp3) is 0.0222. The lowest BCUT2D eigenvalue weighted by atomic mass is 9.75. The molecule has 1 atom stereocenters. The average molecular weight is 599 g/mol. The van der Waals surface area contributed by atoms with Gasteiger partial charge in [0, 0.05) is 27.8 Å². The molecule has 9 rings (SSSR count). The van der Waals surface area contributed by atoms with E-state index in [2.05, 4.69) is 164 Å². The van der Waals surface area contributed by atoms with Crippen LogP contribution in [0.15, 0.2) is 170 Å². The number of fused-ring (bicyclic) bond motifs is 6. The third-order valence-corrected chi connectivity index (χ3v) is 9.47. The molecule has 0 saturated heterocycles. The first-order valence-electron chi connectivity index (χ1n) is 16.1. The Morgan fingerprint density at radius 1 is 0.468 bits per heavy atom. The fourth-order valence-electron chi connectivity index (χ4n) is 7.09. The van der Waals surface area contributed by atoms with E-state index in [4.69, 9.17) is 9.97 Å². The molecular formula is C45H30N2. The van der Waals surface area contributed by atoms with Crippen molar-refractivity contribution in [1.29, 1.82) is 0 Å². The summed E-state index contributed by atoms with van der Waals surface area (Å²) in [5.74, 6) is 0.0820. The quantitative estimate of drug-likeness (QED) is 0.188. The van der Waals surface area contributed by atoms with Crippen LogP contribution in [0.4, 0.5) is 0 Å². The number of hydrogen-bond acceptors (Lipinski definition) is 2. The zero-order valence-electron chi connectivity index (χ0n) is 25.8. The lowest BCUT2D eigenvalue weighted by molar-refractivity contribution is 1.09. The van der Waals surface area contributed by atoms with Crippen LogP contribution in [-0.4, -0.2) is 9.97 Å². The first-order chi connectivity index (χ1) is 23.2. The van der Waals surface area contributed by atoms with Crippen LogP contribution in [0, 0.1) is 0 Å². The molecule has 0 saturated carbocycles. The maximum absolute atomic E-state index is 5.27. The van der Waals surface area contributed by atoms with Crippen molar-refractivity contribution in [3.63, 3.8) is 0 Å². The number of rotatable bonds is 4. The minimum Gasteiger partial charge on any atom is -0.245 e. The summed E-state index contributed by atoms with van der Waals surface area (Å²) in [7, 11) is 0. The molecule has 2 aromatic heterocycles. The topological polar surface area (TPSA) is 25.8 Å². The van der Waals surface area contributed by atoms with Crippen molar-refractivity contribution in [2.75, 3.05) is 0 Å². The molecule has 1 aliphatic rings. The van der Waals surface area contributed by atoms with Crippen molar-refractivity contribution in [1.82, 2.24) is 9.97 Å². The molecule has 0 spiro atoms. The highest BCUT2D eigenvalue weighted by Gasteiger charge is 2.27. The first-order valence-corrected chi connectivity index (χ1v) is 16.1. The smallest absolute Gasteiger partial charge is 0.0972 e. The van der Waals surface area contributed by atoms with Gasteiger partial charge < -0.3 is 0 Å². The molecule has 2 heterocycles. The van der Waals surface area contributed by atoms with E-state index in [9.17, 15) is 0 Å². The molecule has 0 fully saturated rings. The number of benzene rings is 6.